The van der Waals surface area contributed by atoms with Crippen LogP contribution >= 0.6 is 11.6 Å². The van der Waals surface area contributed by atoms with Gasteiger partial charge in [-0.25, -0.2) is 12.8 Å². The molecule has 0 heterocycles. The summed E-state index contributed by atoms with van der Waals surface area (Å²) in [5, 5.41) is -0.157. The van der Waals surface area contributed by atoms with Crippen LogP contribution in [0.5, 0.6) is 0 Å². The number of aryl methyl sites for hydroxylation is 1. The number of halogens is 2. The summed E-state index contributed by atoms with van der Waals surface area (Å²) in [5.74, 6) is -0.819. The Labute approximate surface area is 127 Å². The summed E-state index contributed by atoms with van der Waals surface area (Å²) in [5.41, 5.74) is 7.10. The van der Waals surface area contributed by atoms with E-state index in [0.717, 1.165) is 5.56 Å². The quantitative estimate of drug-likeness (QED) is 0.847. The van der Waals surface area contributed by atoms with Gasteiger partial charge in [0.15, 0.2) is 5.82 Å². The molecule has 0 aromatic heterocycles. The van der Waals surface area contributed by atoms with Crippen LogP contribution in [0.2, 0.25) is 5.02 Å². The van der Waals surface area contributed by atoms with Gasteiger partial charge in [0.05, 0.1) is 15.6 Å². The fraction of sp³-hybridized carbons (Fsp3) is 0.143. The zero-order chi connectivity index (χ0) is 15.8. The Bertz CT molecular complexity index is 807. The zero-order valence-electron chi connectivity index (χ0n) is 11.4. The molecule has 0 spiro atoms. The maximum atomic E-state index is 13.8. The van der Waals surface area contributed by atoms with E-state index < -0.39 is 15.8 Å². The van der Waals surface area contributed by atoms with Gasteiger partial charge in [-0.3, -0.25) is 4.72 Å². The highest BCUT2D eigenvalue weighted by molar-refractivity contribution is 7.92. The SMILES string of the molecule is Cc1cc(N)cc(S(=O)(=O)Nc2cccc(Cl)c2F)c1C. The van der Waals surface area contributed by atoms with Crippen LogP contribution in [-0.4, -0.2) is 8.42 Å². The summed E-state index contributed by atoms with van der Waals surface area (Å²) < 4.78 is 40.8. The second kappa shape index (κ2) is 5.54. The monoisotopic (exact) mass is 328 g/mol. The first-order valence-electron chi connectivity index (χ1n) is 6.06. The van der Waals surface area contributed by atoms with Gasteiger partial charge in [-0.2, -0.15) is 0 Å². The molecule has 0 unspecified atom stereocenters. The molecule has 0 aliphatic heterocycles. The largest absolute Gasteiger partial charge is 0.399 e. The van der Waals surface area contributed by atoms with Crippen molar-refractivity contribution >= 4 is 33.0 Å². The van der Waals surface area contributed by atoms with Crippen molar-refractivity contribution < 1.29 is 12.8 Å². The maximum absolute atomic E-state index is 13.8. The van der Waals surface area contributed by atoms with Crippen LogP contribution in [0.4, 0.5) is 15.8 Å². The third-order valence-corrected chi connectivity index (χ3v) is 4.91. The smallest absolute Gasteiger partial charge is 0.262 e. The summed E-state index contributed by atoms with van der Waals surface area (Å²) in [6, 6.07) is 7.11. The van der Waals surface area contributed by atoms with Crippen LogP contribution in [0, 0.1) is 19.7 Å². The third kappa shape index (κ3) is 3.11. The lowest BCUT2D eigenvalue weighted by Gasteiger charge is -2.13. The predicted molar refractivity (Wildman–Crippen MR) is 82.5 cm³/mol. The number of hydrogen-bond donors (Lipinski definition) is 2. The third-order valence-electron chi connectivity index (χ3n) is 3.13. The van der Waals surface area contributed by atoms with Gasteiger partial charge < -0.3 is 5.73 Å². The molecule has 0 fully saturated rings. The van der Waals surface area contributed by atoms with E-state index in [2.05, 4.69) is 4.72 Å². The Balaban J connectivity index is 2.51. The summed E-state index contributed by atoms with van der Waals surface area (Å²) in [7, 11) is -3.96. The summed E-state index contributed by atoms with van der Waals surface area (Å²) in [6.07, 6.45) is 0. The lowest BCUT2D eigenvalue weighted by Crippen LogP contribution is -2.16. The number of rotatable bonds is 3. The van der Waals surface area contributed by atoms with Gasteiger partial charge in [-0.15, -0.1) is 0 Å². The number of benzene rings is 2. The molecule has 0 atom stereocenters. The molecule has 2 aromatic rings. The first-order valence-corrected chi connectivity index (χ1v) is 7.92. The van der Waals surface area contributed by atoms with Crippen LogP contribution in [-0.2, 0) is 10.0 Å². The summed E-state index contributed by atoms with van der Waals surface area (Å²) >= 11 is 5.64. The molecular weight excluding hydrogens is 315 g/mol. The minimum absolute atomic E-state index is 0.0133. The lowest BCUT2D eigenvalue weighted by atomic mass is 10.1. The first kappa shape index (κ1) is 15.6. The van der Waals surface area contributed by atoms with Gasteiger partial charge in [0, 0.05) is 5.69 Å². The van der Waals surface area contributed by atoms with E-state index in [1.165, 1.54) is 24.3 Å². The molecule has 2 rings (SSSR count). The molecule has 0 amide bonds. The van der Waals surface area contributed by atoms with Crippen molar-refractivity contribution in [1.29, 1.82) is 0 Å². The van der Waals surface area contributed by atoms with E-state index in [1.807, 2.05) is 0 Å². The van der Waals surface area contributed by atoms with Crippen LogP contribution in [0.15, 0.2) is 35.2 Å². The van der Waals surface area contributed by atoms with E-state index in [4.69, 9.17) is 17.3 Å². The molecule has 0 aliphatic carbocycles. The van der Waals surface area contributed by atoms with E-state index in [0.29, 0.717) is 11.3 Å². The highest BCUT2D eigenvalue weighted by Gasteiger charge is 2.20. The number of sulfonamides is 1. The molecule has 0 aliphatic rings. The Morgan fingerprint density at radius 2 is 1.90 bits per heavy atom. The molecule has 0 bridgehead atoms. The molecule has 21 heavy (non-hydrogen) atoms. The minimum atomic E-state index is -3.96. The van der Waals surface area contributed by atoms with E-state index >= 15 is 0 Å². The fourth-order valence-electron chi connectivity index (χ4n) is 1.92. The van der Waals surface area contributed by atoms with Crippen LogP contribution < -0.4 is 10.5 Å². The molecular formula is C14H14ClFN2O2S. The second-order valence-corrected chi connectivity index (χ2v) is 6.73. The van der Waals surface area contributed by atoms with Gasteiger partial charge in [0.25, 0.3) is 10.0 Å². The normalized spacial score (nSPS) is 11.4. The van der Waals surface area contributed by atoms with Crippen molar-refractivity contribution in [3.63, 3.8) is 0 Å². The maximum Gasteiger partial charge on any atom is 0.262 e. The topological polar surface area (TPSA) is 72.2 Å². The van der Waals surface area contributed by atoms with Crippen molar-refractivity contribution in [2.24, 2.45) is 0 Å². The molecule has 3 N–H and O–H groups in total. The van der Waals surface area contributed by atoms with Crippen LogP contribution in [0.25, 0.3) is 0 Å². The summed E-state index contributed by atoms with van der Waals surface area (Å²) in [6.45, 7) is 3.42. The predicted octanol–water partition coefficient (Wildman–Crippen LogP) is 3.48. The molecule has 0 saturated carbocycles. The van der Waals surface area contributed by atoms with Crippen molar-refractivity contribution in [3.8, 4) is 0 Å². The molecule has 112 valence electrons. The highest BCUT2D eigenvalue weighted by Crippen LogP contribution is 2.27. The molecule has 0 saturated heterocycles. The van der Waals surface area contributed by atoms with Crippen molar-refractivity contribution in [2.45, 2.75) is 18.7 Å². The van der Waals surface area contributed by atoms with Crippen LogP contribution in [0.3, 0.4) is 0 Å². The Morgan fingerprint density at radius 3 is 2.57 bits per heavy atom. The molecule has 4 nitrogen and oxygen atoms in total. The molecule has 2 aromatic carbocycles. The van der Waals surface area contributed by atoms with Gasteiger partial charge >= 0.3 is 0 Å². The average Bonchev–Trinajstić information content (AvgIpc) is 2.39. The standard InChI is InChI=1S/C14H14ClFN2O2S/c1-8-6-10(17)7-13(9(8)2)21(19,20)18-12-5-3-4-11(15)14(12)16/h3-7,18H,17H2,1-2H3. The number of nitrogens with one attached hydrogen (secondary N) is 1. The molecule has 0 radical (unpaired) electrons. The van der Waals surface area contributed by atoms with Crippen molar-refractivity contribution in [2.75, 3.05) is 10.5 Å². The van der Waals surface area contributed by atoms with Gasteiger partial charge in [-0.05, 0) is 49.2 Å². The summed E-state index contributed by atoms with van der Waals surface area (Å²) in [4.78, 5) is 0.0133. The number of nitrogen functional groups attached to an aromatic ring is 1. The van der Waals surface area contributed by atoms with E-state index in [9.17, 15) is 12.8 Å². The number of hydrogen-bond acceptors (Lipinski definition) is 3. The molecule has 7 heteroatoms. The van der Waals surface area contributed by atoms with Crippen LogP contribution in [0.1, 0.15) is 11.1 Å². The minimum Gasteiger partial charge on any atom is -0.399 e. The van der Waals surface area contributed by atoms with Gasteiger partial charge in [-0.1, -0.05) is 17.7 Å². The van der Waals surface area contributed by atoms with Crippen molar-refractivity contribution in [3.05, 3.63) is 52.3 Å². The fourth-order valence-corrected chi connectivity index (χ4v) is 3.50. The highest BCUT2D eigenvalue weighted by atomic mass is 35.5. The van der Waals surface area contributed by atoms with E-state index in [-0.39, 0.29) is 15.6 Å². The number of anilines is 2. The number of nitrogens with two attached hydrogens (primary N) is 1. The lowest BCUT2D eigenvalue weighted by molar-refractivity contribution is 0.598. The Morgan fingerprint density at radius 1 is 1.24 bits per heavy atom. The zero-order valence-corrected chi connectivity index (χ0v) is 13.0. The first-order chi connectivity index (χ1) is 9.72. The van der Waals surface area contributed by atoms with Crippen molar-refractivity contribution in [1.82, 2.24) is 0 Å². The van der Waals surface area contributed by atoms with Gasteiger partial charge in [0.1, 0.15) is 0 Å². The van der Waals surface area contributed by atoms with E-state index in [1.54, 1.807) is 19.9 Å². The second-order valence-electron chi connectivity index (χ2n) is 4.67. The Kier molecular flexibility index (Phi) is 4.11. The Hall–Kier alpha value is -1.79. The van der Waals surface area contributed by atoms with Gasteiger partial charge in [0.2, 0.25) is 0 Å². The average molecular weight is 329 g/mol.